The molecule has 1 aliphatic carbocycles. The van der Waals surface area contributed by atoms with Crippen LogP contribution in [-0.4, -0.2) is 19.2 Å². The van der Waals surface area contributed by atoms with E-state index in [9.17, 15) is 9.18 Å². The van der Waals surface area contributed by atoms with Crippen LogP contribution in [0.1, 0.15) is 84.4 Å². The molecule has 0 bridgehead atoms. The van der Waals surface area contributed by atoms with Crippen LogP contribution in [-0.2, 0) is 20.4 Å². The first-order chi connectivity index (χ1) is 12.6. The molecular formula is C23H33FO3. The fraction of sp³-hybridized carbons (Fsp3) is 0.609. The molecule has 1 aromatic rings. The number of hydrogen-bond acceptors (Lipinski definition) is 3. The molecule has 1 aliphatic rings. The summed E-state index contributed by atoms with van der Waals surface area (Å²) in [6.45, 7) is 15.0. The van der Waals surface area contributed by atoms with Crippen molar-refractivity contribution in [1.29, 1.82) is 0 Å². The highest BCUT2D eigenvalue weighted by atomic mass is 19.1. The van der Waals surface area contributed by atoms with E-state index in [-0.39, 0.29) is 17.4 Å². The third-order valence-corrected chi connectivity index (χ3v) is 5.65. The van der Waals surface area contributed by atoms with Gasteiger partial charge in [-0.25, -0.2) is 4.79 Å². The number of esters is 1. The number of rotatable bonds is 6. The minimum atomic E-state index is -0.908. The maximum absolute atomic E-state index is 14.9. The van der Waals surface area contributed by atoms with Crippen molar-refractivity contribution in [3.63, 3.8) is 0 Å². The van der Waals surface area contributed by atoms with E-state index < -0.39 is 11.8 Å². The lowest BCUT2D eigenvalue weighted by Gasteiger charge is -2.42. The Labute approximate surface area is 162 Å². The van der Waals surface area contributed by atoms with Gasteiger partial charge in [0.05, 0.1) is 13.2 Å². The number of carbonyl (C=O) groups is 1. The Balaban J connectivity index is 2.76. The van der Waals surface area contributed by atoms with Gasteiger partial charge in [-0.3, -0.25) is 0 Å². The number of benzene rings is 1. The van der Waals surface area contributed by atoms with Crippen LogP contribution in [0.25, 0.3) is 5.57 Å². The minimum absolute atomic E-state index is 0.0103. The van der Waals surface area contributed by atoms with Crippen molar-refractivity contribution in [2.75, 3.05) is 13.2 Å². The summed E-state index contributed by atoms with van der Waals surface area (Å²) in [6, 6.07) is 4.10. The quantitative estimate of drug-likeness (QED) is 0.445. The van der Waals surface area contributed by atoms with Crippen LogP contribution in [0.3, 0.4) is 0 Å². The molecule has 150 valence electrons. The molecule has 0 spiro atoms. The summed E-state index contributed by atoms with van der Waals surface area (Å²) < 4.78 is 25.6. The standard InChI is InChI=1S/C23H33FO3/c1-8-15(20(24)21(25)27-10-3)16-13-17-18(14-19(16)26-9-2)23(6,7)12-11-22(17,4)5/h13-14H,8-12H2,1-7H3. The third-order valence-electron chi connectivity index (χ3n) is 5.65. The highest BCUT2D eigenvalue weighted by Crippen LogP contribution is 2.49. The van der Waals surface area contributed by atoms with Crippen molar-refractivity contribution in [1.82, 2.24) is 0 Å². The van der Waals surface area contributed by atoms with Gasteiger partial charge >= 0.3 is 5.97 Å². The van der Waals surface area contributed by atoms with Crippen LogP contribution in [0.4, 0.5) is 4.39 Å². The van der Waals surface area contributed by atoms with E-state index in [1.165, 1.54) is 11.1 Å². The van der Waals surface area contributed by atoms with Crippen LogP contribution < -0.4 is 4.74 Å². The van der Waals surface area contributed by atoms with Crippen LogP contribution in [0.2, 0.25) is 0 Å². The summed E-state index contributed by atoms with van der Waals surface area (Å²) in [7, 11) is 0. The van der Waals surface area contributed by atoms with E-state index in [4.69, 9.17) is 9.47 Å². The summed E-state index contributed by atoms with van der Waals surface area (Å²) in [5, 5.41) is 0. The second-order valence-electron chi connectivity index (χ2n) is 8.46. The maximum atomic E-state index is 14.9. The SMILES string of the molecule is CCOC(=O)C(F)=C(CC)c1cc2c(cc1OCC)C(C)(C)CCC2(C)C. The van der Waals surface area contributed by atoms with E-state index >= 15 is 0 Å². The van der Waals surface area contributed by atoms with Gasteiger partial charge in [-0.1, -0.05) is 34.6 Å². The molecule has 0 N–H and O–H groups in total. The molecule has 0 saturated carbocycles. The van der Waals surface area contributed by atoms with E-state index in [1.807, 2.05) is 19.9 Å². The van der Waals surface area contributed by atoms with E-state index in [0.717, 1.165) is 12.8 Å². The Morgan fingerprint density at radius 1 is 1.00 bits per heavy atom. The predicted octanol–water partition coefficient (Wildman–Crippen LogP) is 6.09. The minimum Gasteiger partial charge on any atom is -0.493 e. The topological polar surface area (TPSA) is 35.5 Å². The summed E-state index contributed by atoms with van der Waals surface area (Å²) in [5.74, 6) is -1.10. The largest absolute Gasteiger partial charge is 0.493 e. The van der Waals surface area contributed by atoms with Gasteiger partial charge in [0, 0.05) is 11.1 Å². The van der Waals surface area contributed by atoms with Gasteiger partial charge in [-0.2, -0.15) is 4.39 Å². The van der Waals surface area contributed by atoms with E-state index in [0.29, 0.717) is 29.9 Å². The van der Waals surface area contributed by atoms with Gasteiger partial charge in [-0.15, -0.1) is 0 Å². The Morgan fingerprint density at radius 2 is 1.56 bits per heavy atom. The summed E-state index contributed by atoms with van der Waals surface area (Å²) in [4.78, 5) is 12.0. The molecule has 0 unspecified atom stereocenters. The van der Waals surface area contributed by atoms with Gasteiger partial charge in [0.25, 0.3) is 0 Å². The molecule has 0 heterocycles. The molecule has 0 aromatic heterocycles. The van der Waals surface area contributed by atoms with Gasteiger partial charge in [0.2, 0.25) is 5.83 Å². The van der Waals surface area contributed by atoms with Crippen molar-refractivity contribution in [2.24, 2.45) is 0 Å². The summed E-state index contributed by atoms with van der Waals surface area (Å²) in [6.07, 6.45) is 2.53. The molecule has 0 saturated heterocycles. The number of carbonyl (C=O) groups excluding carboxylic acids is 1. The van der Waals surface area contributed by atoms with Crippen molar-refractivity contribution in [2.45, 2.75) is 78.6 Å². The predicted molar refractivity (Wildman–Crippen MR) is 108 cm³/mol. The maximum Gasteiger partial charge on any atom is 0.367 e. The van der Waals surface area contributed by atoms with Crippen LogP contribution in [0.5, 0.6) is 5.75 Å². The number of fused-ring (bicyclic) bond motifs is 1. The molecule has 0 atom stereocenters. The van der Waals surface area contributed by atoms with E-state index in [2.05, 4.69) is 33.8 Å². The zero-order valence-electron chi connectivity index (χ0n) is 17.8. The van der Waals surface area contributed by atoms with Crippen molar-refractivity contribution in [3.05, 3.63) is 34.6 Å². The van der Waals surface area contributed by atoms with Crippen molar-refractivity contribution < 1.29 is 18.7 Å². The smallest absolute Gasteiger partial charge is 0.367 e. The van der Waals surface area contributed by atoms with Gasteiger partial charge < -0.3 is 9.47 Å². The number of ether oxygens (including phenoxy) is 2. The Bertz CT molecular complexity index is 744. The highest BCUT2D eigenvalue weighted by Gasteiger charge is 2.38. The first-order valence-corrected chi connectivity index (χ1v) is 9.97. The van der Waals surface area contributed by atoms with Gasteiger partial charge in [-0.05, 0) is 67.2 Å². The van der Waals surface area contributed by atoms with Gasteiger partial charge in [0.15, 0.2) is 0 Å². The second-order valence-corrected chi connectivity index (χ2v) is 8.46. The van der Waals surface area contributed by atoms with Gasteiger partial charge in [0.1, 0.15) is 5.75 Å². The highest BCUT2D eigenvalue weighted by molar-refractivity contribution is 5.96. The zero-order chi connectivity index (χ0) is 20.4. The van der Waals surface area contributed by atoms with Crippen LogP contribution in [0, 0.1) is 0 Å². The molecule has 2 rings (SSSR count). The molecule has 0 aliphatic heterocycles. The second kappa shape index (κ2) is 8.04. The first-order valence-electron chi connectivity index (χ1n) is 9.97. The summed E-state index contributed by atoms with van der Waals surface area (Å²) >= 11 is 0. The lowest BCUT2D eigenvalue weighted by atomic mass is 9.62. The average Bonchev–Trinajstić information content (AvgIpc) is 2.60. The molecule has 4 heteroatoms. The molecule has 0 radical (unpaired) electrons. The lowest BCUT2D eigenvalue weighted by molar-refractivity contribution is -0.140. The fourth-order valence-electron chi connectivity index (χ4n) is 3.89. The van der Waals surface area contributed by atoms with Crippen molar-refractivity contribution >= 4 is 11.5 Å². The van der Waals surface area contributed by atoms with Crippen molar-refractivity contribution in [3.8, 4) is 5.75 Å². The molecule has 3 nitrogen and oxygen atoms in total. The average molecular weight is 377 g/mol. The van der Waals surface area contributed by atoms with Crippen LogP contribution in [0.15, 0.2) is 18.0 Å². The number of halogens is 1. The third kappa shape index (κ3) is 4.20. The van der Waals surface area contributed by atoms with E-state index in [1.54, 1.807) is 6.92 Å². The van der Waals surface area contributed by atoms with Crippen LogP contribution >= 0.6 is 0 Å². The molecule has 27 heavy (non-hydrogen) atoms. The Kier molecular flexibility index (Phi) is 6.39. The molecule has 0 amide bonds. The Hall–Kier alpha value is -1.84. The Morgan fingerprint density at radius 3 is 2.04 bits per heavy atom. The molecular weight excluding hydrogens is 343 g/mol. The molecule has 1 aromatic carbocycles. The number of hydrogen-bond donors (Lipinski definition) is 0. The fourth-order valence-corrected chi connectivity index (χ4v) is 3.89. The molecule has 0 fully saturated rings. The monoisotopic (exact) mass is 376 g/mol. The number of allylic oxidation sites excluding steroid dienone is 1. The first kappa shape index (κ1) is 21.5. The zero-order valence-corrected chi connectivity index (χ0v) is 17.8. The lowest BCUT2D eigenvalue weighted by Crippen LogP contribution is -2.34. The normalized spacial score (nSPS) is 18.4. The summed E-state index contributed by atoms with van der Waals surface area (Å²) in [5.41, 5.74) is 3.49.